The molecule has 1 aliphatic carbocycles. The van der Waals surface area contributed by atoms with E-state index in [0.717, 1.165) is 18.8 Å². The molecular formula is C12H19N3. The minimum absolute atomic E-state index is 0.248. The molecule has 1 saturated carbocycles. The first-order valence-corrected chi connectivity index (χ1v) is 5.58. The Balaban J connectivity index is 2.00. The van der Waals surface area contributed by atoms with Gasteiger partial charge in [0.2, 0.25) is 0 Å². The third-order valence-electron chi connectivity index (χ3n) is 3.60. The minimum Gasteiger partial charge on any atom is -0.329 e. The Hall–Kier alpha value is -0.930. The van der Waals surface area contributed by atoms with Gasteiger partial charge in [-0.1, -0.05) is 6.07 Å². The van der Waals surface area contributed by atoms with Gasteiger partial charge in [0.1, 0.15) is 0 Å². The Morgan fingerprint density at radius 3 is 2.73 bits per heavy atom. The monoisotopic (exact) mass is 205 g/mol. The van der Waals surface area contributed by atoms with Gasteiger partial charge in [0.05, 0.1) is 5.69 Å². The highest BCUT2D eigenvalue weighted by atomic mass is 15.2. The van der Waals surface area contributed by atoms with Crippen LogP contribution in [0.25, 0.3) is 0 Å². The Kier molecular flexibility index (Phi) is 3.03. The highest BCUT2D eigenvalue weighted by Crippen LogP contribution is 2.36. The molecule has 82 valence electrons. The van der Waals surface area contributed by atoms with Crippen LogP contribution in [0.4, 0.5) is 0 Å². The average molecular weight is 205 g/mol. The number of aromatic nitrogens is 1. The molecule has 3 nitrogen and oxygen atoms in total. The third kappa shape index (κ3) is 2.03. The van der Waals surface area contributed by atoms with Crippen LogP contribution in [0, 0.1) is 0 Å². The number of hydrogen-bond acceptors (Lipinski definition) is 3. The first-order chi connectivity index (χ1) is 7.27. The van der Waals surface area contributed by atoms with Crippen molar-refractivity contribution in [1.82, 2.24) is 9.88 Å². The second kappa shape index (κ2) is 4.29. The summed E-state index contributed by atoms with van der Waals surface area (Å²) in [6, 6.07) is 6.05. The maximum absolute atomic E-state index is 5.86. The smallest absolute Gasteiger partial charge is 0.0544 e. The van der Waals surface area contributed by atoms with E-state index in [2.05, 4.69) is 23.0 Å². The van der Waals surface area contributed by atoms with Gasteiger partial charge in [0.25, 0.3) is 0 Å². The molecule has 1 aromatic heterocycles. The number of nitrogens with zero attached hydrogens (tertiary/aromatic N) is 2. The van der Waals surface area contributed by atoms with Crippen molar-refractivity contribution in [3.63, 3.8) is 0 Å². The number of pyridine rings is 1. The molecule has 0 aromatic carbocycles. The lowest BCUT2D eigenvalue weighted by Crippen LogP contribution is -2.56. The molecule has 3 heteroatoms. The van der Waals surface area contributed by atoms with Gasteiger partial charge in [0.15, 0.2) is 0 Å². The van der Waals surface area contributed by atoms with Gasteiger partial charge >= 0.3 is 0 Å². The molecule has 0 spiro atoms. The van der Waals surface area contributed by atoms with E-state index >= 15 is 0 Å². The molecular weight excluding hydrogens is 186 g/mol. The van der Waals surface area contributed by atoms with Crippen LogP contribution in [0.2, 0.25) is 0 Å². The highest BCUT2D eigenvalue weighted by molar-refractivity contribution is 5.06. The van der Waals surface area contributed by atoms with E-state index in [9.17, 15) is 0 Å². The van der Waals surface area contributed by atoms with Crippen molar-refractivity contribution >= 4 is 0 Å². The molecule has 2 rings (SSSR count). The molecule has 1 aromatic rings. The topological polar surface area (TPSA) is 42.2 Å². The molecule has 1 heterocycles. The summed E-state index contributed by atoms with van der Waals surface area (Å²) in [5, 5.41) is 0. The molecule has 1 fully saturated rings. The van der Waals surface area contributed by atoms with Gasteiger partial charge in [-0.2, -0.15) is 0 Å². The number of likely N-dealkylation sites (N-methyl/N-ethyl adjacent to an activating group) is 1. The molecule has 0 bridgehead atoms. The lowest BCUT2D eigenvalue weighted by Gasteiger charge is -2.48. The van der Waals surface area contributed by atoms with E-state index in [0.29, 0.717) is 0 Å². The van der Waals surface area contributed by atoms with Gasteiger partial charge in [-0.15, -0.1) is 0 Å². The fourth-order valence-corrected chi connectivity index (χ4v) is 2.23. The average Bonchev–Trinajstić information content (AvgIpc) is 2.18. The van der Waals surface area contributed by atoms with Crippen LogP contribution in [-0.2, 0) is 6.54 Å². The SMILES string of the molecule is CN(Cc1ccccn1)C1(CN)CCC1. The van der Waals surface area contributed by atoms with Crippen LogP contribution >= 0.6 is 0 Å². The molecule has 15 heavy (non-hydrogen) atoms. The normalized spacial score (nSPS) is 18.9. The van der Waals surface area contributed by atoms with E-state index in [-0.39, 0.29) is 5.54 Å². The van der Waals surface area contributed by atoms with Crippen molar-refractivity contribution in [2.75, 3.05) is 13.6 Å². The molecule has 0 aliphatic heterocycles. The maximum Gasteiger partial charge on any atom is 0.0544 e. The lowest BCUT2D eigenvalue weighted by atomic mass is 9.75. The zero-order valence-electron chi connectivity index (χ0n) is 9.32. The van der Waals surface area contributed by atoms with Crippen molar-refractivity contribution in [3.8, 4) is 0 Å². The molecule has 0 radical (unpaired) electrons. The van der Waals surface area contributed by atoms with E-state index < -0.39 is 0 Å². The highest BCUT2D eigenvalue weighted by Gasteiger charge is 2.39. The van der Waals surface area contributed by atoms with E-state index in [1.165, 1.54) is 19.3 Å². The van der Waals surface area contributed by atoms with Crippen LogP contribution in [0.5, 0.6) is 0 Å². The first kappa shape index (κ1) is 10.6. The van der Waals surface area contributed by atoms with Crippen LogP contribution in [0.3, 0.4) is 0 Å². The fraction of sp³-hybridized carbons (Fsp3) is 0.583. The molecule has 2 N–H and O–H groups in total. The predicted octanol–water partition coefficient (Wildman–Crippen LogP) is 1.39. The van der Waals surface area contributed by atoms with Crippen molar-refractivity contribution in [3.05, 3.63) is 30.1 Å². The Bertz CT molecular complexity index is 300. The van der Waals surface area contributed by atoms with E-state index in [1.54, 1.807) is 0 Å². The summed E-state index contributed by atoms with van der Waals surface area (Å²) in [6.07, 6.45) is 5.61. The predicted molar refractivity (Wildman–Crippen MR) is 61.3 cm³/mol. The molecule has 0 atom stereocenters. The van der Waals surface area contributed by atoms with Gasteiger partial charge < -0.3 is 5.73 Å². The summed E-state index contributed by atoms with van der Waals surface area (Å²) in [5.41, 5.74) is 7.23. The van der Waals surface area contributed by atoms with Crippen LogP contribution < -0.4 is 5.73 Å². The largest absolute Gasteiger partial charge is 0.329 e. The summed E-state index contributed by atoms with van der Waals surface area (Å²) in [7, 11) is 2.15. The zero-order valence-corrected chi connectivity index (χ0v) is 9.32. The quantitative estimate of drug-likeness (QED) is 0.807. The molecule has 0 unspecified atom stereocenters. The fourth-order valence-electron chi connectivity index (χ4n) is 2.23. The number of rotatable bonds is 4. The summed E-state index contributed by atoms with van der Waals surface area (Å²) >= 11 is 0. The Morgan fingerprint density at radius 2 is 2.27 bits per heavy atom. The van der Waals surface area contributed by atoms with Crippen molar-refractivity contribution < 1.29 is 0 Å². The van der Waals surface area contributed by atoms with Crippen LogP contribution in [0.1, 0.15) is 25.0 Å². The second-order valence-electron chi connectivity index (χ2n) is 4.46. The molecule has 0 saturated heterocycles. The standard InChI is InChI=1S/C12H19N3/c1-15(12(10-13)6-4-7-12)9-11-5-2-3-8-14-11/h2-3,5,8H,4,6-7,9-10,13H2,1H3. The first-order valence-electron chi connectivity index (χ1n) is 5.58. The summed E-state index contributed by atoms with van der Waals surface area (Å²) in [6.45, 7) is 1.66. The second-order valence-corrected chi connectivity index (χ2v) is 4.46. The van der Waals surface area contributed by atoms with Crippen LogP contribution in [-0.4, -0.2) is 29.0 Å². The Morgan fingerprint density at radius 1 is 1.47 bits per heavy atom. The van der Waals surface area contributed by atoms with Crippen molar-refractivity contribution in [2.24, 2.45) is 5.73 Å². The van der Waals surface area contributed by atoms with Gasteiger partial charge in [-0.05, 0) is 38.4 Å². The van der Waals surface area contributed by atoms with Crippen molar-refractivity contribution in [2.45, 2.75) is 31.3 Å². The van der Waals surface area contributed by atoms with Gasteiger partial charge in [-0.3, -0.25) is 9.88 Å². The van der Waals surface area contributed by atoms with Gasteiger partial charge in [-0.25, -0.2) is 0 Å². The summed E-state index contributed by atoms with van der Waals surface area (Å²) < 4.78 is 0. The molecule has 1 aliphatic rings. The van der Waals surface area contributed by atoms with Crippen molar-refractivity contribution in [1.29, 1.82) is 0 Å². The van der Waals surface area contributed by atoms with Gasteiger partial charge in [0, 0.05) is 24.8 Å². The summed E-state index contributed by atoms with van der Waals surface area (Å²) in [4.78, 5) is 6.70. The third-order valence-corrected chi connectivity index (χ3v) is 3.60. The maximum atomic E-state index is 5.86. The lowest BCUT2D eigenvalue weighted by molar-refractivity contribution is 0.0389. The van der Waals surface area contributed by atoms with E-state index in [1.807, 2.05) is 18.3 Å². The Labute approximate surface area is 91.3 Å². The summed E-state index contributed by atoms with van der Waals surface area (Å²) in [5.74, 6) is 0. The number of hydrogen-bond donors (Lipinski definition) is 1. The zero-order chi connectivity index (χ0) is 10.7. The minimum atomic E-state index is 0.248. The molecule has 0 amide bonds. The van der Waals surface area contributed by atoms with Crippen LogP contribution in [0.15, 0.2) is 24.4 Å². The number of nitrogens with two attached hydrogens (primary N) is 1. The van der Waals surface area contributed by atoms with E-state index in [4.69, 9.17) is 5.73 Å².